The van der Waals surface area contributed by atoms with Crippen molar-refractivity contribution in [3.63, 3.8) is 0 Å². The van der Waals surface area contributed by atoms with E-state index >= 15 is 0 Å². The van der Waals surface area contributed by atoms with Gasteiger partial charge in [0.15, 0.2) is 5.03 Å². The lowest BCUT2D eigenvalue weighted by atomic mass is 10.4. The van der Waals surface area contributed by atoms with Gasteiger partial charge in [0.1, 0.15) is 0 Å². The standard InChI is InChI=1S/C11H19N3O3S/c1-12-10-6-4-7-13-11(10)18(15,16)14(2)8-5-9-17-3/h4,6-7,12H,5,8-9H2,1-3H3. The van der Waals surface area contributed by atoms with E-state index in [4.69, 9.17) is 4.74 Å². The Bertz CT molecular complexity index is 476. The Morgan fingerprint density at radius 3 is 2.83 bits per heavy atom. The van der Waals surface area contributed by atoms with Gasteiger partial charge in [0.25, 0.3) is 10.0 Å². The highest BCUT2D eigenvalue weighted by molar-refractivity contribution is 7.89. The molecule has 0 unspecified atom stereocenters. The lowest BCUT2D eigenvalue weighted by Gasteiger charge is -2.18. The van der Waals surface area contributed by atoms with E-state index in [1.54, 1.807) is 33.3 Å². The molecule has 1 aromatic heterocycles. The van der Waals surface area contributed by atoms with E-state index in [0.717, 1.165) is 0 Å². The van der Waals surface area contributed by atoms with Crippen LogP contribution in [0.1, 0.15) is 6.42 Å². The number of aromatic nitrogens is 1. The summed E-state index contributed by atoms with van der Waals surface area (Å²) in [7, 11) is 1.24. The number of methoxy groups -OCH3 is 1. The van der Waals surface area contributed by atoms with Crippen molar-refractivity contribution in [3.05, 3.63) is 18.3 Å². The van der Waals surface area contributed by atoms with Crippen molar-refractivity contribution >= 4 is 15.7 Å². The highest BCUT2D eigenvalue weighted by Gasteiger charge is 2.24. The van der Waals surface area contributed by atoms with Gasteiger partial charge in [-0.15, -0.1) is 0 Å². The van der Waals surface area contributed by atoms with Crippen molar-refractivity contribution < 1.29 is 13.2 Å². The van der Waals surface area contributed by atoms with Crippen LogP contribution >= 0.6 is 0 Å². The average molecular weight is 273 g/mol. The summed E-state index contributed by atoms with van der Waals surface area (Å²) in [6.45, 7) is 0.927. The molecule has 0 bridgehead atoms. The molecule has 6 nitrogen and oxygen atoms in total. The normalized spacial score (nSPS) is 11.8. The maximum Gasteiger partial charge on any atom is 0.262 e. The predicted molar refractivity (Wildman–Crippen MR) is 70.1 cm³/mol. The van der Waals surface area contributed by atoms with E-state index in [2.05, 4.69) is 10.3 Å². The first-order chi connectivity index (χ1) is 8.54. The lowest BCUT2D eigenvalue weighted by Crippen LogP contribution is -2.29. The molecule has 1 N–H and O–H groups in total. The van der Waals surface area contributed by atoms with Crippen LogP contribution in [0.3, 0.4) is 0 Å². The Kier molecular flexibility index (Phi) is 5.52. The van der Waals surface area contributed by atoms with Crippen molar-refractivity contribution in [1.29, 1.82) is 0 Å². The summed E-state index contributed by atoms with van der Waals surface area (Å²) in [4.78, 5) is 3.95. The van der Waals surface area contributed by atoms with Crippen molar-refractivity contribution in [3.8, 4) is 0 Å². The molecule has 1 rings (SSSR count). The SMILES string of the molecule is CNc1cccnc1S(=O)(=O)N(C)CCCOC. The molecule has 0 fully saturated rings. The van der Waals surface area contributed by atoms with Crippen LogP contribution in [-0.4, -0.2) is 52.1 Å². The van der Waals surface area contributed by atoms with Crippen LogP contribution in [0.15, 0.2) is 23.4 Å². The fourth-order valence-electron chi connectivity index (χ4n) is 1.49. The summed E-state index contributed by atoms with van der Waals surface area (Å²) >= 11 is 0. The smallest absolute Gasteiger partial charge is 0.262 e. The first-order valence-electron chi connectivity index (χ1n) is 5.62. The first kappa shape index (κ1) is 14.9. The Morgan fingerprint density at radius 2 is 2.22 bits per heavy atom. The van der Waals surface area contributed by atoms with Crippen LogP contribution in [0.4, 0.5) is 5.69 Å². The van der Waals surface area contributed by atoms with E-state index in [9.17, 15) is 8.42 Å². The number of nitrogens with zero attached hydrogens (tertiary/aromatic N) is 2. The van der Waals surface area contributed by atoms with Gasteiger partial charge in [-0.2, -0.15) is 4.31 Å². The number of nitrogens with one attached hydrogen (secondary N) is 1. The van der Waals surface area contributed by atoms with Gasteiger partial charge in [-0.3, -0.25) is 0 Å². The minimum Gasteiger partial charge on any atom is -0.386 e. The summed E-state index contributed by atoms with van der Waals surface area (Å²) in [6, 6.07) is 3.37. The molecule has 0 saturated carbocycles. The molecular formula is C11H19N3O3S. The molecule has 102 valence electrons. The fraction of sp³-hybridized carbons (Fsp3) is 0.545. The molecule has 0 aromatic carbocycles. The zero-order valence-corrected chi connectivity index (χ0v) is 11.7. The number of sulfonamides is 1. The van der Waals surface area contributed by atoms with Crippen LogP contribution in [0.5, 0.6) is 0 Å². The van der Waals surface area contributed by atoms with Gasteiger partial charge in [0.2, 0.25) is 0 Å². The zero-order chi connectivity index (χ0) is 13.6. The second kappa shape index (κ2) is 6.67. The summed E-state index contributed by atoms with van der Waals surface area (Å²) in [6.07, 6.45) is 2.12. The number of pyridine rings is 1. The number of hydrogen-bond donors (Lipinski definition) is 1. The Balaban J connectivity index is 2.91. The number of hydrogen-bond acceptors (Lipinski definition) is 5. The summed E-state index contributed by atoms with van der Waals surface area (Å²) in [5.41, 5.74) is 0.496. The van der Waals surface area contributed by atoms with Crippen LogP contribution in [0, 0.1) is 0 Å². The summed E-state index contributed by atoms with van der Waals surface area (Å²) < 4.78 is 30.8. The molecule has 0 aliphatic heterocycles. The molecule has 7 heteroatoms. The van der Waals surface area contributed by atoms with E-state index in [-0.39, 0.29) is 5.03 Å². The molecule has 0 aliphatic rings. The highest BCUT2D eigenvalue weighted by atomic mass is 32.2. The molecule has 1 aromatic rings. The van der Waals surface area contributed by atoms with E-state index < -0.39 is 10.0 Å². The Hall–Kier alpha value is -1.18. The van der Waals surface area contributed by atoms with Crippen LogP contribution in [0.25, 0.3) is 0 Å². The van der Waals surface area contributed by atoms with Crippen LogP contribution in [0.2, 0.25) is 0 Å². The predicted octanol–water partition coefficient (Wildman–Crippen LogP) is 0.780. The Labute approximate surface area is 108 Å². The zero-order valence-electron chi connectivity index (χ0n) is 10.9. The molecule has 0 radical (unpaired) electrons. The molecule has 0 saturated heterocycles. The molecule has 0 aliphatic carbocycles. The third-order valence-electron chi connectivity index (χ3n) is 2.52. The monoisotopic (exact) mass is 273 g/mol. The second-order valence-corrected chi connectivity index (χ2v) is 5.74. The topological polar surface area (TPSA) is 71.5 Å². The summed E-state index contributed by atoms with van der Waals surface area (Å²) in [5.74, 6) is 0. The van der Waals surface area contributed by atoms with Gasteiger partial charge in [-0.05, 0) is 18.6 Å². The van der Waals surface area contributed by atoms with Gasteiger partial charge in [0, 0.05) is 40.6 Å². The van der Waals surface area contributed by atoms with Crippen molar-refractivity contribution in [1.82, 2.24) is 9.29 Å². The molecule has 0 atom stereocenters. The van der Waals surface area contributed by atoms with Crippen LogP contribution in [-0.2, 0) is 14.8 Å². The molecule has 0 spiro atoms. The third kappa shape index (κ3) is 3.41. The van der Waals surface area contributed by atoms with Gasteiger partial charge < -0.3 is 10.1 Å². The van der Waals surface area contributed by atoms with Crippen LogP contribution < -0.4 is 5.32 Å². The first-order valence-corrected chi connectivity index (χ1v) is 7.06. The van der Waals surface area contributed by atoms with E-state index in [1.807, 2.05) is 0 Å². The fourth-order valence-corrected chi connectivity index (χ4v) is 2.79. The van der Waals surface area contributed by atoms with Crippen molar-refractivity contribution in [2.24, 2.45) is 0 Å². The van der Waals surface area contributed by atoms with E-state index in [0.29, 0.717) is 25.3 Å². The molecular weight excluding hydrogens is 254 g/mol. The lowest BCUT2D eigenvalue weighted by molar-refractivity contribution is 0.189. The highest BCUT2D eigenvalue weighted by Crippen LogP contribution is 2.20. The second-order valence-electron chi connectivity index (χ2n) is 3.78. The van der Waals surface area contributed by atoms with Gasteiger partial charge >= 0.3 is 0 Å². The average Bonchev–Trinajstić information content (AvgIpc) is 2.38. The molecule has 18 heavy (non-hydrogen) atoms. The largest absolute Gasteiger partial charge is 0.386 e. The number of anilines is 1. The molecule has 0 amide bonds. The quantitative estimate of drug-likeness (QED) is 0.743. The van der Waals surface area contributed by atoms with Gasteiger partial charge in [0.05, 0.1) is 5.69 Å². The maximum absolute atomic E-state index is 12.3. The minimum atomic E-state index is -3.56. The number of rotatable bonds is 7. The molecule has 1 heterocycles. The Morgan fingerprint density at radius 1 is 1.50 bits per heavy atom. The van der Waals surface area contributed by atoms with Gasteiger partial charge in [-0.25, -0.2) is 13.4 Å². The van der Waals surface area contributed by atoms with Crippen molar-refractivity contribution in [2.75, 3.05) is 39.7 Å². The summed E-state index contributed by atoms with van der Waals surface area (Å²) in [5, 5.41) is 2.88. The number of ether oxygens (including phenoxy) is 1. The van der Waals surface area contributed by atoms with Gasteiger partial charge in [-0.1, -0.05) is 0 Å². The third-order valence-corrected chi connectivity index (χ3v) is 4.33. The maximum atomic E-state index is 12.3. The van der Waals surface area contributed by atoms with E-state index in [1.165, 1.54) is 10.5 Å². The minimum absolute atomic E-state index is 0.0485. The van der Waals surface area contributed by atoms with Crippen molar-refractivity contribution in [2.45, 2.75) is 11.4 Å².